The van der Waals surface area contributed by atoms with Crippen LogP contribution in [0.3, 0.4) is 0 Å². The van der Waals surface area contributed by atoms with Crippen molar-refractivity contribution in [1.82, 2.24) is 14.5 Å². The van der Waals surface area contributed by atoms with Crippen LogP contribution in [0.2, 0.25) is 5.02 Å². The Kier molecular flexibility index (Phi) is 5.09. The van der Waals surface area contributed by atoms with Crippen molar-refractivity contribution < 1.29 is 0 Å². The van der Waals surface area contributed by atoms with Gasteiger partial charge in [-0.1, -0.05) is 29.8 Å². The van der Waals surface area contributed by atoms with Crippen LogP contribution in [0.4, 0.5) is 0 Å². The number of benzene rings is 1. The Morgan fingerprint density at radius 1 is 1.15 bits per heavy atom. The quantitative estimate of drug-likeness (QED) is 0.491. The van der Waals surface area contributed by atoms with Crippen LogP contribution in [0.15, 0.2) is 58.6 Å². The van der Waals surface area contributed by atoms with E-state index in [2.05, 4.69) is 9.97 Å². The van der Waals surface area contributed by atoms with Crippen LogP contribution >= 0.6 is 23.4 Å². The zero-order valence-corrected chi connectivity index (χ0v) is 15.8. The Bertz CT molecular complexity index is 988. The highest BCUT2D eigenvalue weighted by molar-refractivity contribution is 7.98. The highest BCUT2D eigenvalue weighted by Gasteiger charge is 2.22. The van der Waals surface area contributed by atoms with E-state index in [0.29, 0.717) is 6.54 Å². The fourth-order valence-corrected chi connectivity index (χ4v) is 4.55. The summed E-state index contributed by atoms with van der Waals surface area (Å²) in [4.78, 5) is 21.2. The molecule has 0 bridgehead atoms. The fraction of sp³-hybridized carbons (Fsp3) is 0.250. The van der Waals surface area contributed by atoms with Gasteiger partial charge in [-0.25, -0.2) is 4.79 Å². The molecule has 3 aromatic rings. The van der Waals surface area contributed by atoms with Crippen molar-refractivity contribution in [2.24, 2.45) is 0 Å². The average Bonchev–Trinajstić information content (AvgIpc) is 3.13. The maximum Gasteiger partial charge on any atom is 0.349 e. The lowest BCUT2D eigenvalue weighted by Crippen LogP contribution is -2.27. The lowest BCUT2D eigenvalue weighted by Gasteiger charge is -2.14. The van der Waals surface area contributed by atoms with E-state index in [9.17, 15) is 4.79 Å². The van der Waals surface area contributed by atoms with Crippen molar-refractivity contribution in [1.29, 1.82) is 0 Å². The van der Waals surface area contributed by atoms with E-state index in [0.717, 1.165) is 51.9 Å². The highest BCUT2D eigenvalue weighted by Crippen LogP contribution is 2.31. The molecule has 2 heterocycles. The molecular formula is C20H18ClN3OS. The van der Waals surface area contributed by atoms with Crippen LogP contribution in [0, 0.1) is 0 Å². The maximum absolute atomic E-state index is 12.7. The molecule has 1 aliphatic carbocycles. The van der Waals surface area contributed by atoms with Crippen LogP contribution in [0.5, 0.6) is 0 Å². The van der Waals surface area contributed by atoms with Crippen molar-refractivity contribution in [3.63, 3.8) is 0 Å². The largest absolute Gasteiger partial charge is 0.349 e. The Morgan fingerprint density at radius 3 is 2.85 bits per heavy atom. The molecule has 0 unspecified atom stereocenters. The van der Waals surface area contributed by atoms with Crippen LogP contribution < -0.4 is 5.69 Å². The lowest BCUT2D eigenvalue weighted by atomic mass is 10.2. The number of rotatable bonds is 5. The molecule has 0 aliphatic heterocycles. The number of nitrogens with zero attached hydrogens (tertiary/aromatic N) is 3. The third kappa shape index (κ3) is 3.69. The lowest BCUT2D eigenvalue weighted by molar-refractivity contribution is 0.665. The van der Waals surface area contributed by atoms with E-state index in [1.165, 1.54) is 5.56 Å². The zero-order valence-electron chi connectivity index (χ0n) is 14.2. The normalized spacial score (nSPS) is 13.0. The van der Waals surface area contributed by atoms with Gasteiger partial charge in [0.25, 0.3) is 0 Å². The van der Waals surface area contributed by atoms with Gasteiger partial charge in [0.2, 0.25) is 0 Å². The van der Waals surface area contributed by atoms with Crippen molar-refractivity contribution in [2.45, 2.75) is 36.6 Å². The molecule has 132 valence electrons. The Balaban J connectivity index is 1.62. The predicted molar refractivity (Wildman–Crippen MR) is 105 cm³/mol. The summed E-state index contributed by atoms with van der Waals surface area (Å²) in [7, 11) is 0. The predicted octanol–water partition coefficient (Wildman–Crippen LogP) is 4.12. The molecule has 0 fully saturated rings. The van der Waals surface area contributed by atoms with Crippen LogP contribution in [0.1, 0.15) is 28.8 Å². The van der Waals surface area contributed by atoms with Crippen LogP contribution in [-0.4, -0.2) is 14.5 Å². The minimum atomic E-state index is -0.178. The van der Waals surface area contributed by atoms with Gasteiger partial charge in [-0.15, -0.1) is 11.8 Å². The molecule has 1 aromatic carbocycles. The number of thioether (sulfide) groups is 1. The second-order valence-electron chi connectivity index (χ2n) is 6.34. The van der Waals surface area contributed by atoms with Gasteiger partial charge in [-0.3, -0.25) is 9.55 Å². The summed E-state index contributed by atoms with van der Waals surface area (Å²) < 4.78 is 1.81. The summed E-state index contributed by atoms with van der Waals surface area (Å²) in [5, 5.41) is 1.60. The monoisotopic (exact) mass is 383 g/mol. The van der Waals surface area contributed by atoms with Crippen molar-refractivity contribution >= 4 is 23.4 Å². The third-order valence-electron chi connectivity index (χ3n) is 4.53. The van der Waals surface area contributed by atoms with Crippen LogP contribution in [-0.2, 0) is 25.1 Å². The number of fused-ring (bicyclic) bond motifs is 1. The van der Waals surface area contributed by atoms with Gasteiger partial charge in [0, 0.05) is 34.4 Å². The van der Waals surface area contributed by atoms with E-state index in [-0.39, 0.29) is 5.69 Å². The standard InChI is InChI=1S/C20H18ClN3OS/c21-16-6-1-4-14(10-16)13-26-19-17-7-2-8-18(17)24(20(25)23-19)12-15-5-3-9-22-11-15/h1,3-6,9-11H,2,7-8,12-13H2. The number of pyridine rings is 1. The molecule has 4 nitrogen and oxygen atoms in total. The molecule has 6 heteroatoms. The SMILES string of the molecule is O=c1nc(SCc2cccc(Cl)c2)c2c(n1Cc1cccnc1)CCC2. The minimum absolute atomic E-state index is 0.178. The van der Waals surface area contributed by atoms with Gasteiger partial charge in [0.05, 0.1) is 6.54 Å². The van der Waals surface area contributed by atoms with E-state index in [4.69, 9.17) is 11.6 Å². The summed E-state index contributed by atoms with van der Waals surface area (Å²) in [5.74, 6) is 0.756. The maximum atomic E-state index is 12.7. The Labute approximate surface area is 161 Å². The highest BCUT2D eigenvalue weighted by atomic mass is 35.5. The summed E-state index contributed by atoms with van der Waals surface area (Å²) >= 11 is 7.68. The second kappa shape index (κ2) is 7.64. The minimum Gasteiger partial charge on any atom is -0.291 e. The van der Waals surface area contributed by atoms with Gasteiger partial charge in [-0.05, 0) is 48.6 Å². The topological polar surface area (TPSA) is 47.8 Å². The molecule has 0 radical (unpaired) electrons. The first-order valence-corrected chi connectivity index (χ1v) is 9.96. The van der Waals surface area contributed by atoms with Gasteiger partial charge < -0.3 is 0 Å². The van der Waals surface area contributed by atoms with Gasteiger partial charge in [0.1, 0.15) is 5.03 Å². The Morgan fingerprint density at radius 2 is 2.04 bits per heavy atom. The Hall–Kier alpha value is -2.11. The van der Waals surface area contributed by atoms with E-state index >= 15 is 0 Å². The summed E-state index contributed by atoms with van der Waals surface area (Å²) in [6.07, 6.45) is 6.52. The van der Waals surface area contributed by atoms with Crippen molar-refractivity contribution in [3.8, 4) is 0 Å². The molecule has 0 spiro atoms. The first-order valence-electron chi connectivity index (χ1n) is 8.59. The summed E-state index contributed by atoms with van der Waals surface area (Å²) in [5.41, 5.74) is 4.33. The first-order chi connectivity index (χ1) is 12.7. The third-order valence-corrected chi connectivity index (χ3v) is 5.85. The number of hydrogen-bond acceptors (Lipinski definition) is 4. The molecule has 0 amide bonds. The molecule has 4 rings (SSSR count). The van der Waals surface area contributed by atoms with E-state index < -0.39 is 0 Å². The number of halogens is 1. The van der Waals surface area contributed by atoms with Gasteiger partial charge in [-0.2, -0.15) is 4.98 Å². The van der Waals surface area contributed by atoms with Crippen molar-refractivity contribution in [3.05, 3.63) is 86.7 Å². The smallest absolute Gasteiger partial charge is 0.291 e. The second-order valence-corrected chi connectivity index (χ2v) is 7.74. The molecule has 0 atom stereocenters. The molecule has 2 aromatic heterocycles. The molecule has 26 heavy (non-hydrogen) atoms. The number of hydrogen-bond donors (Lipinski definition) is 0. The fourth-order valence-electron chi connectivity index (χ4n) is 3.32. The molecule has 0 N–H and O–H groups in total. The zero-order chi connectivity index (χ0) is 17.9. The summed E-state index contributed by atoms with van der Waals surface area (Å²) in [6.45, 7) is 0.529. The summed E-state index contributed by atoms with van der Waals surface area (Å²) in [6, 6.07) is 11.7. The molecule has 0 saturated carbocycles. The molecule has 1 aliphatic rings. The van der Waals surface area contributed by atoms with Crippen LogP contribution in [0.25, 0.3) is 0 Å². The molecular weight excluding hydrogens is 366 g/mol. The molecule has 0 saturated heterocycles. The van der Waals surface area contributed by atoms with E-state index in [1.807, 2.05) is 41.0 Å². The number of aromatic nitrogens is 3. The average molecular weight is 384 g/mol. The van der Waals surface area contributed by atoms with E-state index in [1.54, 1.807) is 24.2 Å². The first kappa shape index (κ1) is 17.3. The van der Waals surface area contributed by atoms with Crippen molar-refractivity contribution in [2.75, 3.05) is 0 Å². The van der Waals surface area contributed by atoms with Gasteiger partial charge >= 0.3 is 5.69 Å². The van der Waals surface area contributed by atoms with Gasteiger partial charge in [0.15, 0.2) is 0 Å².